The van der Waals surface area contributed by atoms with E-state index in [1.807, 2.05) is 0 Å². The van der Waals surface area contributed by atoms with Crippen LogP contribution in [0.15, 0.2) is 28.5 Å². The summed E-state index contributed by atoms with van der Waals surface area (Å²) in [5.74, 6) is 0. The van der Waals surface area contributed by atoms with E-state index < -0.39 is 10.0 Å². The van der Waals surface area contributed by atoms with Crippen molar-refractivity contribution in [3.05, 3.63) is 43.5 Å². The molecule has 9 heteroatoms. The van der Waals surface area contributed by atoms with Gasteiger partial charge in [-0.1, -0.05) is 34.8 Å². The average molecular weight is 373 g/mol. The monoisotopic (exact) mass is 371 g/mol. The molecule has 1 heterocycles. The van der Waals surface area contributed by atoms with Crippen molar-refractivity contribution in [2.75, 3.05) is 4.72 Å². The van der Waals surface area contributed by atoms with Crippen LogP contribution in [0.3, 0.4) is 0 Å². The van der Waals surface area contributed by atoms with E-state index in [0.29, 0.717) is 4.88 Å². The molecule has 1 aromatic carbocycles. The third kappa shape index (κ3) is 3.39. The van der Waals surface area contributed by atoms with Crippen molar-refractivity contribution in [2.45, 2.75) is 11.5 Å². The molecule has 0 aliphatic heterocycles. The molecular formula is C11H8Cl3NO3S2. The lowest BCUT2D eigenvalue weighted by Gasteiger charge is -2.09. The summed E-state index contributed by atoms with van der Waals surface area (Å²) in [7, 11) is -3.79. The second kappa shape index (κ2) is 6.09. The van der Waals surface area contributed by atoms with Gasteiger partial charge in [0.05, 0.1) is 32.3 Å². The molecule has 2 rings (SSSR count). The quantitative estimate of drug-likeness (QED) is 0.797. The lowest BCUT2D eigenvalue weighted by molar-refractivity contribution is 0.285. The Morgan fingerprint density at radius 2 is 1.75 bits per heavy atom. The van der Waals surface area contributed by atoms with Gasteiger partial charge in [0, 0.05) is 10.3 Å². The minimum Gasteiger partial charge on any atom is -0.391 e. The van der Waals surface area contributed by atoms with Gasteiger partial charge in [-0.3, -0.25) is 4.72 Å². The number of sulfonamides is 1. The molecule has 0 fully saturated rings. The smallest absolute Gasteiger partial charge is 0.262 e. The van der Waals surface area contributed by atoms with Gasteiger partial charge in [-0.2, -0.15) is 0 Å². The van der Waals surface area contributed by atoms with Gasteiger partial charge in [0.1, 0.15) is 0 Å². The lowest BCUT2D eigenvalue weighted by atomic mass is 10.3. The van der Waals surface area contributed by atoms with E-state index >= 15 is 0 Å². The third-order valence-corrected chi connectivity index (χ3v) is 5.80. The first-order valence-electron chi connectivity index (χ1n) is 5.19. The molecule has 0 bridgehead atoms. The first kappa shape index (κ1) is 15.9. The number of aliphatic hydroxyl groups excluding tert-OH is 1. The third-order valence-electron chi connectivity index (χ3n) is 2.35. The molecule has 108 valence electrons. The van der Waals surface area contributed by atoms with E-state index in [1.54, 1.807) is 0 Å². The molecule has 4 nitrogen and oxygen atoms in total. The van der Waals surface area contributed by atoms with Gasteiger partial charge in [-0.05, 0) is 18.2 Å². The van der Waals surface area contributed by atoms with Crippen molar-refractivity contribution in [3.8, 4) is 0 Å². The number of nitrogens with one attached hydrogen (secondary N) is 1. The number of benzene rings is 1. The minimum atomic E-state index is -3.79. The van der Waals surface area contributed by atoms with Crippen LogP contribution in [0.2, 0.25) is 15.1 Å². The number of hydrogen-bond acceptors (Lipinski definition) is 4. The van der Waals surface area contributed by atoms with Gasteiger partial charge in [0.25, 0.3) is 10.0 Å². The molecule has 0 amide bonds. The summed E-state index contributed by atoms with van der Waals surface area (Å²) >= 11 is 18.7. The van der Waals surface area contributed by atoms with Gasteiger partial charge in [0.15, 0.2) is 0 Å². The summed E-state index contributed by atoms with van der Waals surface area (Å²) in [4.78, 5) is 0.597. The lowest BCUT2D eigenvalue weighted by Crippen LogP contribution is -2.12. The highest BCUT2D eigenvalue weighted by Crippen LogP contribution is 2.33. The second-order valence-electron chi connectivity index (χ2n) is 3.76. The van der Waals surface area contributed by atoms with Gasteiger partial charge >= 0.3 is 0 Å². The zero-order valence-corrected chi connectivity index (χ0v) is 13.6. The van der Waals surface area contributed by atoms with Crippen molar-refractivity contribution in [1.82, 2.24) is 0 Å². The molecule has 0 aliphatic carbocycles. The summed E-state index contributed by atoms with van der Waals surface area (Å²) in [6.07, 6.45) is 0. The fourth-order valence-corrected chi connectivity index (χ4v) is 4.24. The summed E-state index contributed by atoms with van der Waals surface area (Å²) in [6.45, 7) is -0.215. The highest BCUT2D eigenvalue weighted by atomic mass is 35.5. The maximum atomic E-state index is 12.2. The number of thiophene rings is 1. The number of hydrogen-bond donors (Lipinski definition) is 2. The zero-order chi connectivity index (χ0) is 14.9. The molecule has 0 aliphatic rings. The molecule has 2 N–H and O–H groups in total. The first-order valence-corrected chi connectivity index (χ1v) is 8.69. The fraction of sp³-hybridized carbons (Fsp3) is 0.0909. The maximum Gasteiger partial charge on any atom is 0.262 e. The Bertz CT molecular complexity index is 743. The van der Waals surface area contributed by atoms with Crippen LogP contribution in [0, 0.1) is 0 Å². The van der Waals surface area contributed by atoms with Gasteiger partial charge in [-0.25, -0.2) is 8.42 Å². The molecule has 1 aromatic heterocycles. The van der Waals surface area contributed by atoms with Crippen LogP contribution in [0.5, 0.6) is 0 Å². The number of anilines is 1. The fourth-order valence-electron chi connectivity index (χ4n) is 1.39. The molecular weight excluding hydrogens is 365 g/mol. The Morgan fingerprint density at radius 3 is 2.35 bits per heavy atom. The predicted molar refractivity (Wildman–Crippen MR) is 82.5 cm³/mol. The second-order valence-corrected chi connectivity index (χ2v) is 7.66. The maximum absolute atomic E-state index is 12.2. The highest BCUT2D eigenvalue weighted by Gasteiger charge is 2.18. The van der Waals surface area contributed by atoms with Crippen molar-refractivity contribution in [2.24, 2.45) is 0 Å². The topological polar surface area (TPSA) is 66.4 Å². The van der Waals surface area contributed by atoms with E-state index in [0.717, 1.165) is 11.3 Å². The Kier molecular flexibility index (Phi) is 4.84. The van der Waals surface area contributed by atoms with Crippen LogP contribution in [0.25, 0.3) is 0 Å². The molecule has 0 saturated heterocycles. The van der Waals surface area contributed by atoms with Crippen LogP contribution in [-0.4, -0.2) is 13.5 Å². The molecule has 2 aromatic rings. The van der Waals surface area contributed by atoms with Gasteiger partial charge < -0.3 is 5.11 Å². The van der Waals surface area contributed by atoms with E-state index in [2.05, 4.69) is 4.72 Å². The molecule has 0 atom stereocenters. The van der Waals surface area contributed by atoms with Crippen LogP contribution in [0.4, 0.5) is 5.69 Å². The molecule has 0 spiro atoms. The Balaban J connectivity index is 2.35. The van der Waals surface area contributed by atoms with Crippen LogP contribution >= 0.6 is 46.1 Å². The molecule has 0 radical (unpaired) electrons. The highest BCUT2D eigenvalue weighted by molar-refractivity contribution is 7.92. The standard InChI is InChI=1S/C11H8Cl3NO3S2/c12-8-2-10(14)11(3-9(8)13)15-20(17,18)7-1-6(4-16)19-5-7/h1-3,5,15-16H,4H2. The molecule has 0 unspecified atom stereocenters. The normalized spacial score (nSPS) is 11.6. The van der Waals surface area contributed by atoms with E-state index in [-0.39, 0.29) is 32.3 Å². The van der Waals surface area contributed by atoms with Gasteiger partial charge in [0.2, 0.25) is 0 Å². The summed E-state index contributed by atoms with van der Waals surface area (Å²) < 4.78 is 26.6. The van der Waals surface area contributed by atoms with E-state index in [4.69, 9.17) is 39.9 Å². The minimum absolute atomic E-state index is 0.0497. The predicted octanol–water partition coefficient (Wildman–Crippen LogP) is 4.00. The zero-order valence-electron chi connectivity index (χ0n) is 9.73. The van der Waals surface area contributed by atoms with Crippen LogP contribution in [0.1, 0.15) is 4.88 Å². The summed E-state index contributed by atoms with van der Waals surface area (Å²) in [6, 6.07) is 4.08. The molecule has 0 saturated carbocycles. The van der Waals surface area contributed by atoms with E-state index in [9.17, 15) is 8.42 Å². The van der Waals surface area contributed by atoms with E-state index in [1.165, 1.54) is 23.6 Å². The van der Waals surface area contributed by atoms with Crippen molar-refractivity contribution < 1.29 is 13.5 Å². The SMILES string of the molecule is O=S(=O)(Nc1cc(Cl)c(Cl)cc1Cl)c1csc(CO)c1. The summed E-state index contributed by atoms with van der Waals surface area (Å²) in [5.41, 5.74) is 0.137. The Labute approximate surface area is 135 Å². The first-order chi connectivity index (χ1) is 9.33. The number of aliphatic hydroxyl groups is 1. The average Bonchev–Trinajstić information content (AvgIpc) is 2.85. The van der Waals surface area contributed by atoms with Crippen molar-refractivity contribution in [1.29, 1.82) is 0 Å². The Morgan fingerprint density at radius 1 is 1.10 bits per heavy atom. The van der Waals surface area contributed by atoms with Crippen molar-refractivity contribution in [3.63, 3.8) is 0 Å². The van der Waals surface area contributed by atoms with Gasteiger partial charge in [-0.15, -0.1) is 11.3 Å². The number of rotatable bonds is 4. The largest absolute Gasteiger partial charge is 0.391 e. The molecule has 20 heavy (non-hydrogen) atoms. The summed E-state index contributed by atoms with van der Waals surface area (Å²) in [5, 5.41) is 11.0. The van der Waals surface area contributed by atoms with Crippen molar-refractivity contribution >= 4 is 61.9 Å². The van der Waals surface area contributed by atoms with Crippen LogP contribution < -0.4 is 4.72 Å². The van der Waals surface area contributed by atoms with Crippen LogP contribution in [-0.2, 0) is 16.6 Å². The Hall–Kier alpha value is -0.500. The number of halogens is 3.